The first-order valence-electron chi connectivity index (χ1n) is 5.76. The van der Waals surface area contributed by atoms with E-state index in [2.05, 4.69) is 19.9 Å². The molecular formula is C14H24O3Ti. The summed E-state index contributed by atoms with van der Waals surface area (Å²) >= 11 is 0. The van der Waals surface area contributed by atoms with Crippen LogP contribution in [0.25, 0.3) is 0 Å². The van der Waals surface area contributed by atoms with E-state index in [0.29, 0.717) is 0 Å². The molecule has 2 rings (SSSR count). The molecule has 1 aromatic carbocycles. The fourth-order valence-corrected chi connectivity index (χ4v) is 2.27. The average molecular weight is 288 g/mol. The molecule has 0 bridgehead atoms. The summed E-state index contributed by atoms with van der Waals surface area (Å²) in [5.74, 6) is 0. The third-order valence-corrected chi connectivity index (χ3v) is 2.85. The van der Waals surface area contributed by atoms with Crippen LogP contribution in [0.4, 0.5) is 0 Å². The Labute approximate surface area is 126 Å². The van der Waals surface area contributed by atoms with E-state index in [9.17, 15) is 0 Å². The largest absolute Gasteiger partial charge is 4.00 e. The summed E-state index contributed by atoms with van der Waals surface area (Å²) < 4.78 is 0. The molecule has 1 aromatic rings. The van der Waals surface area contributed by atoms with Gasteiger partial charge in [-0.15, -0.1) is 0 Å². The molecule has 1 aliphatic carbocycles. The molecule has 0 spiro atoms. The predicted molar refractivity (Wildman–Crippen MR) is 65.9 cm³/mol. The van der Waals surface area contributed by atoms with Gasteiger partial charge >= 0.3 is 21.7 Å². The Morgan fingerprint density at radius 1 is 0.944 bits per heavy atom. The van der Waals surface area contributed by atoms with Crippen molar-refractivity contribution >= 4 is 0 Å². The van der Waals surface area contributed by atoms with Crippen molar-refractivity contribution in [2.24, 2.45) is 0 Å². The molecule has 0 saturated heterocycles. The van der Waals surface area contributed by atoms with Crippen LogP contribution in [-0.2, 0) is 34.6 Å². The number of rotatable bonds is 0. The van der Waals surface area contributed by atoms with Gasteiger partial charge in [-0.05, 0) is 0 Å². The molecule has 0 saturated carbocycles. The maximum absolute atomic E-state index is 8.25. The molecule has 0 radical (unpaired) electrons. The van der Waals surface area contributed by atoms with Gasteiger partial charge in [0, 0.05) is 0 Å². The summed E-state index contributed by atoms with van der Waals surface area (Å²) in [7, 11) is 2.25. The number of aryl methyl sites for hydroxylation is 2. The first-order valence-corrected chi connectivity index (χ1v) is 5.76. The Balaban J connectivity index is -0.000000285. The molecule has 0 unspecified atom stereocenters. The van der Waals surface area contributed by atoms with Crippen molar-refractivity contribution in [1.82, 2.24) is 0 Å². The third-order valence-electron chi connectivity index (χ3n) is 2.85. The number of hydrogen-bond donors (Lipinski definition) is 0. The smallest absolute Gasteiger partial charge is 0.857 e. The van der Waals surface area contributed by atoms with Crippen molar-refractivity contribution in [3.8, 4) is 0 Å². The van der Waals surface area contributed by atoms with Crippen LogP contribution in [0.3, 0.4) is 0 Å². The molecule has 0 heterocycles. The summed E-state index contributed by atoms with van der Waals surface area (Å²) in [5.41, 5.74) is 6.37. The van der Waals surface area contributed by atoms with E-state index >= 15 is 0 Å². The van der Waals surface area contributed by atoms with Crippen LogP contribution in [0, 0.1) is 13.8 Å². The zero-order valence-electron chi connectivity index (χ0n) is 12.1. The van der Waals surface area contributed by atoms with Crippen LogP contribution in [-0.4, -0.2) is 21.3 Å². The quantitative estimate of drug-likeness (QED) is 0.491. The first-order chi connectivity index (χ1) is 8.29. The van der Waals surface area contributed by atoms with Crippen molar-refractivity contribution < 1.29 is 37.0 Å². The van der Waals surface area contributed by atoms with Crippen molar-refractivity contribution in [2.45, 2.75) is 39.5 Å². The van der Waals surface area contributed by atoms with Crippen molar-refractivity contribution in [3.05, 3.63) is 28.3 Å². The minimum absolute atomic E-state index is 0. The maximum Gasteiger partial charge on any atom is 4.00 e. The van der Waals surface area contributed by atoms with Crippen molar-refractivity contribution in [2.75, 3.05) is 21.3 Å². The summed E-state index contributed by atoms with van der Waals surface area (Å²) in [4.78, 5) is 0. The fraction of sp³-hybridized carbons (Fsp3) is 0.643. The van der Waals surface area contributed by atoms with Gasteiger partial charge in [0.1, 0.15) is 0 Å². The molecule has 1 aliphatic rings. The number of fused-ring (bicyclic) bond motifs is 1. The van der Waals surface area contributed by atoms with Gasteiger partial charge in [0.15, 0.2) is 0 Å². The summed E-state index contributed by atoms with van der Waals surface area (Å²) in [6.07, 6.45) is 5.46. The normalized spacial score (nSPS) is 11.1. The Hall–Kier alpha value is -0.0557. The minimum Gasteiger partial charge on any atom is -0.857 e. The molecule has 0 amide bonds. The van der Waals surface area contributed by atoms with Gasteiger partial charge in [-0.25, -0.2) is 0 Å². The summed E-state index contributed by atoms with van der Waals surface area (Å²) in [6.45, 7) is 4.49. The van der Waals surface area contributed by atoms with E-state index in [1.54, 1.807) is 11.1 Å². The minimum atomic E-state index is 0. The molecule has 0 fully saturated rings. The molecule has 18 heavy (non-hydrogen) atoms. The van der Waals surface area contributed by atoms with E-state index in [4.69, 9.17) is 15.3 Å². The van der Waals surface area contributed by atoms with E-state index in [1.807, 2.05) is 0 Å². The van der Waals surface area contributed by atoms with Crippen LogP contribution in [0.2, 0.25) is 0 Å². The van der Waals surface area contributed by atoms with Gasteiger partial charge in [-0.2, -0.15) is 49.6 Å². The molecule has 0 aromatic heterocycles. The first kappa shape index (κ1) is 23.1. The molecule has 0 N–H and O–H groups in total. The van der Waals surface area contributed by atoms with Gasteiger partial charge < -0.3 is 15.3 Å². The standard InChI is InChI=1S/C11H15.3CH3O.Ti/c1-8-7-9(2)11-6-4-3-5-10(8)11;3*1-2;/h7H,3-6H2,1-2H3;3*1H3;/q4*-1;+4. The van der Waals surface area contributed by atoms with Crippen LogP contribution in [0.15, 0.2) is 6.07 Å². The van der Waals surface area contributed by atoms with Crippen LogP contribution in [0.1, 0.15) is 35.1 Å². The molecule has 4 heteroatoms. The van der Waals surface area contributed by atoms with E-state index in [0.717, 1.165) is 21.3 Å². The Morgan fingerprint density at radius 2 is 1.39 bits per heavy atom. The molecule has 0 atom stereocenters. The zero-order chi connectivity index (χ0) is 13.8. The second-order valence-corrected chi connectivity index (χ2v) is 3.67. The van der Waals surface area contributed by atoms with Crippen molar-refractivity contribution in [3.63, 3.8) is 0 Å². The Kier molecular flexibility index (Phi) is 19.2. The van der Waals surface area contributed by atoms with E-state index in [1.165, 1.54) is 36.8 Å². The predicted octanol–water partition coefficient (Wildman–Crippen LogP) is -0.172. The molecular weight excluding hydrogens is 264 g/mol. The van der Waals surface area contributed by atoms with Gasteiger partial charge in [-0.1, -0.05) is 39.5 Å². The fourth-order valence-electron chi connectivity index (χ4n) is 2.27. The summed E-state index contributed by atoms with van der Waals surface area (Å²) in [6, 6.07) is 2.34. The second-order valence-electron chi connectivity index (χ2n) is 3.67. The summed E-state index contributed by atoms with van der Waals surface area (Å²) in [5, 5.41) is 24.8. The SMILES string of the molecule is C[O-].C[O-].C[O-].Cc1c[c-](C)c2c1CCCC2.[Ti+4]. The van der Waals surface area contributed by atoms with E-state index < -0.39 is 0 Å². The van der Waals surface area contributed by atoms with Gasteiger partial charge in [0.2, 0.25) is 0 Å². The van der Waals surface area contributed by atoms with Crippen LogP contribution >= 0.6 is 0 Å². The molecule has 0 aliphatic heterocycles. The zero-order valence-corrected chi connectivity index (χ0v) is 13.7. The topological polar surface area (TPSA) is 69.2 Å². The monoisotopic (exact) mass is 288 g/mol. The van der Waals surface area contributed by atoms with Gasteiger partial charge in [-0.3, -0.25) is 0 Å². The van der Waals surface area contributed by atoms with Crippen LogP contribution < -0.4 is 15.3 Å². The number of hydrogen-bond acceptors (Lipinski definition) is 3. The molecule has 3 nitrogen and oxygen atoms in total. The third kappa shape index (κ3) is 6.76. The Bertz CT molecular complexity index is 256. The van der Waals surface area contributed by atoms with Gasteiger partial charge in [0.25, 0.3) is 0 Å². The molecule has 102 valence electrons. The average Bonchev–Trinajstić information content (AvgIpc) is 2.73. The van der Waals surface area contributed by atoms with Gasteiger partial charge in [0.05, 0.1) is 0 Å². The second kappa shape index (κ2) is 15.0. The Morgan fingerprint density at radius 3 is 1.83 bits per heavy atom. The maximum atomic E-state index is 8.25. The van der Waals surface area contributed by atoms with Crippen LogP contribution in [0.5, 0.6) is 0 Å². The van der Waals surface area contributed by atoms with E-state index in [-0.39, 0.29) is 21.7 Å². The van der Waals surface area contributed by atoms with Crippen molar-refractivity contribution in [1.29, 1.82) is 0 Å².